The summed E-state index contributed by atoms with van der Waals surface area (Å²) in [7, 11) is 3.16. The second-order valence-corrected chi connectivity index (χ2v) is 5.26. The Morgan fingerprint density at radius 3 is 2.52 bits per heavy atom. The Morgan fingerprint density at radius 1 is 1.16 bits per heavy atom. The Labute approximate surface area is 165 Å². The first-order valence-electron chi connectivity index (χ1n) is 7.63. The van der Waals surface area contributed by atoms with Crippen LogP contribution in [-0.2, 0) is 6.42 Å². The summed E-state index contributed by atoms with van der Waals surface area (Å²) in [4.78, 5) is 4.18. The number of hydrogen-bond acceptors (Lipinski definition) is 4. The van der Waals surface area contributed by atoms with Crippen LogP contribution in [0.15, 0.2) is 53.5 Å². The number of anilines is 1. The van der Waals surface area contributed by atoms with E-state index in [2.05, 4.69) is 10.3 Å². The first-order valence-corrected chi connectivity index (χ1v) is 7.63. The fourth-order valence-electron chi connectivity index (χ4n) is 2.24. The monoisotopic (exact) mass is 457 g/mol. The van der Waals surface area contributed by atoms with Gasteiger partial charge in [0.1, 0.15) is 11.5 Å². The maximum Gasteiger partial charge on any atom is 0.193 e. The quantitative estimate of drug-likeness (QED) is 0.338. The highest BCUT2D eigenvalue weighted by Crippen LogP contribution is 2.28. The van der Waals surface area contributed by atoms with Gasteiger partial charge in [-0.3, -0.25) is 4.99 Å². The molecule has 0 bridgehead atoms. The van der Waals surface area contributed by atoms with Crippen molar-refractivity contribution in [3.8, 4) is 11.5 Å². The van der Waals surface area contributed by atoms with E-state index in [1.807, 2.05) is 30.3 Å². The number of nitrogens with one attached hydrogen (secondary N) is 1. The van der Waals surface area contributed by atoms with Crippen LogP contribution in [0.2, 0.25) is 0 Å². The number of aliphatic imine (C=N–C) groups is 1. The topological polar surface area (TPSA) is 89.1 Å². The molecular formula is C18H24IN3O3. The Bertz CT molecular complexity index is 681. The molecule has 0 aliphatic heterocycles. The van der Waals surface area contributed by atoms with Crippen molar-refractivity contribution < 1.29 is 14.6 Å². The number of guanidine groups is 1. The zero-order valence-corrected chi connectivity index (χ0v) is 16.6. The molecule has 0 spiro atoms. The smallest absolute Gasteiger partial charge is 0.193 e. The van der Waals surface area contributed by atoms with Gasteiger partial charge in [-0.05, 0) is 17.7 Å². The Kier molecular flexibility index (Phi) is 9.07. The van der Waals surface area contributed by atoms with Gasteiger partial charge in [0, 0.05) is 12.5 Å². The molecule has 0 heterocycles. The van der Waals surface area contributed by atoms with Crippen LogP contribution < -0.4 is 20.5 Å². The first-order chi connectivity index (χ1) is 11.6. The van der Waals surface area contributed by atoms with Crippen molar-refractivity contribution in [1.82, 2.24) is 0 Å². The van der Waals surface area contributed by atoms with Crippen LogP contribution in [0.25, 0.3) is 0 Å². The molecule has 0 aromatic heterocycles. The number of halogens is 1. The molecule has 2 rings (SSSR count). The molecule has 0 saturated carbocycles. The number of aliphatic hydroxyl groups is 1. The average Bonchev–Trinajstić information content (AvgIpc) is 2.60. The van der Waals surface area contributed by atoms with Crippen molar-refractivity contribution in [2.24, 2.45) is 10.7 Å². The number of nitrogens with zero attached hydrogens (tertiary/aromatic N) is 1. The summed E-state index contributed by atoms with van der Waals surface area (Å²) < 4.78 is 10.5. The third-order valence-corrected chi connectivity index (χ3v) is 3.46. The lowest BCUT2D eigenvalue weighted by Crippen LogP contribution is -2.25. The summed E-state index contributed by atoms with van der Waals surface area (Å²) in [6, 6.07) is 15.1. The van der Waals surface area contributed by atoms with Gasteiger partial charge in [0.05, 0.1) is 32.6 Å². The molecule has 7 heteroatoms. The molecule has 4 N–H and O–H groups in total. The minimum Gasteiger partial charge on any atom is -0.497 e. The highest BCUT2D eigenvalue weighted by Gasteiger charge is 2.08. The van der Waals surface area contributed by atoms with Crippen molar-refractivity contribution in [3.63, 3.8) is 0 Å². The Morgan fingerprint density at radius 2 is 1.88 bits per heavy atom. The minimum absolute atomic E-state index is 0. The van der Waals surface area contributed by atoms with E-state index < -0.39 is 6.10 Å². The summed E-state index contributed by atoms with van der Waals surface area (Å²) in [6.07, 6.45) is -0.0694. The Balaban J connectivity index is 0.00000312. The molecule has 2 aromatic carbocycles. The van der Waals surface area contributed by atoms with E-state index in [9.17, 15) is 5.11 Å². The van der Waals surface area contributed by atoms with Crippen molar-refractivity contribution in [1.29, 1.82) is 0 Å². The first kappa shape index (κ1) is 21.0. The molecule has 0 amide bonds. The lowest BCUT2D eigenvalue weighted by molar-refractivity contribution is 0.184. The lowest BCUT2D eigenvalue weighted by Gasteiger charge is -2.13. The van der Waals surface area contributed by atoms with E-state index in [1.54, 1.807) is 32.4 Å². The van der Waals surface area contributed by atoms with E-state index in [0.29, 0.717) is 23.6 Å². The van der Waals surface area contributed by atoms with E-state index in [1.165, 1.54) is 0 Å². The summed E-state index contributed by atoms with van der Waals surface area (Å²) >= 11 is 0. The van der Waals surface area contributed by atoms with Crippen molar-refractivity contribution in [2.75, 3.05) is 26.1 Å². The molecule has 6 nitrogen and oxygen atoms in total. The van der Waals surface area contributed by atoms with Crippen LogP contribution in [0.1, 0.15) is 5.56 Å². The number of rotatable bonds is 7. The fraction of sp³-hybridized carbons (Fsp3) is 0.278. The van der Waals surface area contributed by atoms with Gasteiger partial charge in [-0.15, -0.1) is 24.0 Å². The number of hydrogen-bond donors (Lipinski definition) is 3. The molecule has 136 valence electrons. The fourth-order valence-corrected chi connectivity index (χ4v) is 2.24. The zero-order valence-electron chi connectivity index (χ0n) is 14.3. The molecular weight excluding hydrogens is 433 g/mol. The van der Waals surface area contributed by atoms with Gasteiger partial charge in [0.2, 0.25) is 0 Å². The second kappa shape index (κ2) is 10.8. The molecule has 0 radical (unpaired) electrons. The SMILES string of the molecule is COc1ccc(OC)c(NC(N)=NCC(O)Cc2ccccc2)c1.I. The predicted octanol–water partition coefficient (Wildman–Crippen LogP) is 2.65. The highest BCUT2D eigenvalue weighted by atomic mass is 127. The van der Waals surface area contributed by atoms with Gasteiger partial charge in [-0.1, -0.05) is 30.3 Å². The van der Waals surface area contributed by atoms with E-state index >= 15 is 0 Å². The number of benzene rings is 2. The molecule has 0 aliphatic rings. The third kappa shape index (κ3) is 6.79. The van der Waals surface area contributed by atoms with Crippen LogP contribution in [-0.4, -0.2) is 37.9 Å². The van der Waals surface area contributed by atoms with Gasteiger partial charge in [-0.2, -0.15) is 0 Å². The van der Waals surface area contributed by atoms with E-state index in [4.69, 9.17) is 15.2 Å². The highest BCUT2D eigenvalue weighted by molar-refractivity contribution is 14.0. The van der Waals surface area contributed by atoms with Gasteiger partial charge in [0.25, 0.3) is 0 Å². The molecule has 25 heavy (non-hydrogen) atoms. The van der Waals surface area contributed by atoms with E-state index in [0.717, 1.165) is 5.56 Å². The van der Waals surface area contributed by atoms with E-state index in [-0.39, 0.29) is 36.5 Å². The predicted molar refractivity (Wildman–Crippen MR) is 111 cm³/mol. The summed E-state index contributed by atoms with van der Waals surface area (Å²) in [6.45, 7) is 0.208. The molecule has 0 fully saturated rings. The average molecular weight is 457 g/mol. The summed E-state index contributed by atoms with van der Waals surface area (Å²) in [5.74, 6) is 1.50. The van der Waals surface area contributed by atoms with Crippen LogP contribution in [0, 0.1) is 0 Å². The number of ether oxygens (including phenoxy) is 2. The summed E-state index contributed by atoms with van der Waals surface area (Å²) in [5.41, 5.74) is 7.60. The van der Waals surface area contributed by atoms with Crippen LogP contribution in [0.4, 0.5) is 5.69 Å². The molecule has 2 aromatic rings. The molecule has 1 unspecified atom stereocenters. The normalized spacial score (nSPS) is 12.0. The maximum atomic E-state index is 10.1. The second-order valence-electron chi connectivity index (χ2n) is 5.26. The third-order valence-electron chi connectivity index (χ3n) is 3.46. The van der Waals surface area contributed by atoms with Crippen LogP contribution in [0.3, 0.4) is 0 Å². The molecule has 0 saturated heterocycles. The largest absolute Gasteiger partial charge is 0.497 e. The van der Waals surface area contributed by atoms with Crippen LogP contribution in [0.5, 0.6) is 11.5 Å². The molecule has 0 aliphatic carbocycles. The number of nitrogens with two attached hydrogens (primary N) is 1. The van der Waals surface area contributed by atoms with Gasteiger partial charge in [0.15, 0.2) is 5.96 Å². The standard InChI is InChI=1S/C18H23N3O3.HI/c1-23-15-8-9-17(24-2)16(11-15)21-18(19)20-12-14(22)10-13-6-4-3-5-7-13;/h3-9,11,14,22H,10,12H2,1-2H3,(H3,19,20,21);1H. The lowest BCUT2D eigenvalue weighted by atomic mass is 10.1. The van der Waals surface area contributed by atoms with Gasteiger partial charge >= 0.3 is 0 Å². The Hall–Kier alpha value is -2.00. The number of methoxy groups -OCH3 is 2. The van der Waals surface area contributed by atoms with Crippen molar-refractivity contribution in [3.05, 3.63) is 54.1 Å². The van der Waals surface area contributed by atoms with Crippen molar-refractivity contribution >= 4 is 35.6 Å². The molecule has 1 atom stereocenters. The number of aliphatic hydroxyl groups excluding tert-OH is 1. The minimum atomic E-state index is -0.597. The zero-order chi connectivity index (χ0) is 17.4. The van der Waals surface area contributed by atoms with Crippen LogP contribution >= 0.6 is 24.0 Å². The van der Waals surface area contributed by atoms with Gasteiger partial charge < -0.3 is 25.6 Å². The van der Waals surface area contributed by atoms with Crippen molar-refractivity contribution in [2.45, 2.75) is 12.5 Å². The summed E-state index contributed by atoms with van der Waals surface area (Å²) in [5, 5.41) is 13.0. The van der Waals surface area contributed by atoms with Gasteiger partial charge in [-0.25, -0.2) is 0 Å². The maximum absolute atomic E-state index is 10.1.